The molecule has 0 bridgehead atoms. The van der Waals surface area contributed by atoms with E-state index in [2.05, 4.69) is 4.74 Å². The summed E-state index contributed by atoms with van der Waals surface area (Å²) in [6, 6.07) is 0.0194. The fourth-order valence-electron chi connectivity index (χ4n) is 2.34. The first-order valence-electron chi connectivity index (χ1n) is 5.06. The van der Waals surface area contributed by atoms with Crippen LogP contribution in [0.25, 0.3) is 0 Å². The summed E-state index contributed by atoms with van der Waals surface area (Å²) in [5.74, 6) is -2.60. The van der Waals surface area contributed by atoms with Crippen molar-refractivity contribution in [2.75, 3.05) is 13.7 Å². The lowest BCUT2D eigenvalue weighted by Gasteiger charge is -2.32. The zero-order valence-electron chi connectivity index (χ0n) is 8.56. The summed E-state index contributed by atoms with van der Waals surface area (Å²) in [4.78, 5) is 36.3. The number of Topliss-reactive ketones (excluding diaryl/α,β-unsaturated/α-hetero) is 1. The molecule has 0 saturated carbocycles. The van der Waals surface area contributed by atoms with Crippen molar-refractivity contribution in [1.29, 1.82) is 0 Å². The van der Waals surface area contributed by atoms with E-state index in [1.165, 1.54) is 7.11 Å². The predicted octanol–water partition coefficient (Wildman–Crippen LogP) is -0.261. The van der Waals surface area contributed by atoms with Crippen molar-refractivity contribution < 1.29 is 19.1 Å². The minimum absolute atomic E-state index is 0.0194. The molecule has 2 aliphatic heterocycles. The Morgan fingerprint density at radius 3 is 2.87 bits per heavy atom. The Balaban J connectivity index is 2.22. The van der Waals surface area contributed by atoms with E-state index >= 15 is 0 Å². The summed E-state index contributed by atoms with van der Waals surface area (Å²) in [7, 11) is 1.19. The maximum Gasteiger partial charge on any atom is 0.325 e. The van der Waals surface area contributed by atoms with Crippen molar-refractivity contribution in [3.05, 3.63) is 0 Å². The molecule has 2 atom stereocenters. The van der Waals surface area contributed by atoms with E-state index in [4.69, 9.17) is 0 Å². The fraction of sp³-hybridized carbons (Fsp3) is 0.700. The molecule has 0 aromatic carbocycles. The predicted molar refractivity (Wildman–Crippen MR) is 49.9 cm³/mol. The van der Waals surface area contributed by atoms with Gasteiger partial charge in [-0.25, -0.2) is 0 Å². The molecule has 2 saturated heterocycles. The van der Waals surface area contributed by atoms with Crippen LogP contribution in [-0.4, -0.2) is 42.3 Å². The normalized spacial score (nSPS) is 30.3. The molecule has 5 heteroatoms. The van der Waals surface area contributed by atoms with Crippen LogP contribution in [0.4, 0.5) is 0 Å². The van der Waals surface area contributed by atoms with Crippen LogP contribution < -0.4 is 0 Å². The standard InChI is InChI=1S/C10H13NO4/c1-15-10(14)8-7(12)5-6-3-2-4-11(6)9(8)13/h6,8H,2-5H2,1H3. The van der Waals surface area contributed by atoms with Gasteiger partial charge in [-0.2, -0.15) is 0 Å². The summed E-state index contributed by atoms with van der Waals surface area (Å²) in [6.07, 6.45) is 2.08. The van der Waals surface area contributed by atoms with Gasteiger partial charge in [-0.1, -0.05) is 0 Å². The number of hydrogen-bond acceptors (Lipinski definition) is 4. The first-order valence-corrected chi connectivity index (χ1v) is 5.06. The van der Waals surface area contributed by atoms with Crippen molar-refractivity contribution in [2.45, 2.75) is 25.3 Å². The number of carbonyl (C=O) groups is 3. The Morgan fingerprint density at radius 1 is 1.47 bits per heavy atom. The molecule has 0 spiro atoms. The molecule has 1 amide bonds. The number of hydrogen-bond donors (Lipinski definition) is 0. The van der Waals surface area contributed by atoms with Gasteiger partial charge in [-0.15, -0.1) is 0 Å². The average molecular weight is 211 g/mol. The third kappa shape index (κ3) is 1.52. The SMILES string of the molecule is COC(=O)C1C(=O)CC2CCCN2C1=O. The van der Waals surface area contributed by atoms with Crippen molar-refractivity contribution in [3.8, 4) is 0 Å². The number of amides is 1. The van der Waals surface area contributed by atoms with Gasteiger partial charge >= 0.3 is 5.97 Å². The zero-order valence-corrected chi connectivity index (χ0v) is 8.56. The van der Waals surface area contributed by atoms with Crippen molar-refractivity contribution in [1.82, 2.24) is 4.90 Å². The Hall–Kier alpha value is -1.39. The molecule has 2 heterocycles. The Kier molecular flexibility index (Phi) is 2.46. The smallest absolute Gasteiger partial charge is 0.325 e. The lowest BCUT2D eigenvalue weighted by molar-refractivity contribution is -0.160. The van der Waals surface area contributed by atoms with Gasteiger partial charge in [0, 0.05) is 19.0 Å². The van der Waals surface area contributed by atoms with E-state index in [1.807, 2.05) is 0 Å². The summed E-state index contributed by atoms with van der Waals surface area (Å²) in [5, 5.41) is 0. The summed E-state index contributed by atoms with van der Waals surface area (Å²) < 4.78 is 4.47. The molecule has 2 rings (SSSR count). The monoisotopic (exact) mass is 211 g/mol. The molecular formula is C10H13NO4. The third-order valence-corrected chi connectivity index (χ3v) is 3.10. The largest absolute Gasteiger partial charge is 0.468 e. The number of nitrogens with zero attached hydrogens (tertiary/aromatic N) is 1. The van der Waals surface area contributed by atoms with Crippen LogP contribution >= 0.6 is 0 Å². The molecule has 0 N–H and O–H groups in total. The molecule has 5 nitrogen and oxygen atoms in total. The molecule has 0 aromatic heterocycles. The second-order valence-corrected chi connectivity index (χ2v) is 3.95. The Bertz CT molecular complexity index is 325. The van der Waals surface area contributed by atoms with Gasteiger partial charge in [-0.3, -0.25) is 14.4 Å². The summed E-state index contributed by atoms with van der Waals surface area (Å²) in [5.41, 5.74) is 0. The number of esters is 1. The van der Waals surface area contributed by atoms with Crippen LogP contribution in [0.1, 0.15) is 19.3 Å². The van der Waals surface area contributed by atoms with Gasteiger partial charge < -0.3 is 9.64 Å². The van der Waals surface area contributed by atoms with E-state index in [0.717, 1.165) is 12.8 Å². The van der Waals surface area contributed by atoms with E-state index in [9.17, 15) is 14.4 Å². The van der Waals surface area contributed by atoms with E-state index < -0.39 is 11.9 Å². The highest BCUT2D eigenvalue weighted by Crippen LogP contribution is 2.29. The summed E-state index contributed by atoms with van der Waals surface area (Å²) in [6.45, 7) is 0.657. The van der Waals surface area contributed by atoms with Crippen molar-refractivity contribution in [2.24, 2.45) is 5.92 Å². The van der Waals surface area contributed by atoms with Gasteiger partial charge in [0.15, 0.2) is 11.7 Å². The van der Waals surface area contributed by atoms with Crippen LogP contribution in [0, 0.1) is 5.92 Å². The lowest BCUT2D eigenvalue weighted by atomic mass is 9.91. The number of piperidine rings is 1. The minimum Gasteiger partial charge on any atom is -0.468 e. The highest BCUT2D eigenvalue weighted by Gasteiger charge is 2.46. The Labute approximate surface area is 87.4 Å². The van der Waals surface area contributed by atoms with E-state index in [0.29, 0.717) is 13.0 Å². The van der Waals surface area contributed by atoms with E-state index in [1.54, 1.807) is 4.90 Å². The van der Waals surface area contributed by atoms with Crippen LogP contribution in [0.2, 0.25) is 0 Å². The quantitative estimate of drug-likeness (QED) is 0.443. The number of rotatable bonds is 1. The summed E-state index contributed by atoms with van der Waals surface area (Å²) >= 11 is 0. The lowest BCUT2D eigenvalue weighted by Crippen LogP contribution is -2.51. The number of fused-ring (bicyclic) bond motifs is 1. The molecule has 0 radical (unpaired) electrons. The molecule has 2 unspecified atom stereocenters. The van der Waals surface area contributed by atoms with Crippen molar-refractivity contribution in [3.63, 3.8) is 0 Å². The minimum atomic E-state index is -1.20. The molecule has 15 heavy (non-hydrogen) atoms. The van der Waals surface area contributed by atoms with Crippen LogP contribution in [0.5, 0.6) is 0 Å². The van der Waals surface area contributed by atoms with Gasteiger partial charge in [0.25, 0.3) is 0 Å². The number of ketones is 1. The van der Waals surface area contributed by atoms with Crippen molar-refractivity contribution >= 4 is 17.7 Å². The molecule has 0 aliphatic carbocycles. The molecule has 82 valence electrons. The molecule has 0 aromatic rings. The second-order valence-electron chi connectivity index (χ2n) is 3.95. The highest BCUT2D eigenvalue weighted by molar-refractivity contribution is 6.18. The van der Waals surface area contributed by atoms with Gasteiger partial charge in [0.05, 0.1) is 7.11 Å². The molecular weight excluding hydrogens is 198 g/mol. The van der Waals surface area contributed by atoms with Crippen LogP contribution in [0.3, 0.4) is 0 Å². The maximum atomic E-state index is 11.8. The number of carbonyl (C=O) groups excluding carboxylic acids is 3. The Morgan fingerprint density at radius 2 is 2.20 bits per heavy atom. The fourth-order valence-corrected chi connectivity index (χ4v) is 2.34. The van der Waals surface area contributed by atoms with Gasteiger partial charge in [0.1, 0.15) is 0 Å². The van der Waals surface area contributed by atoms with Gasteiger partial charge in [-0.05, 0) is 12.8 Å². The number of ether oxygens (including phenoxy) is 1. The zero-order chi connectivity index (χ0) is 11.0. The first-order chi connectivity index (χ1) is 7.15. The van der Waals surface area contributed by atoms with E-state index in [-0.39, 0.29) is 17.7 Å². The van der Waals surface area contributed by atoms with Crippen LogP contribution in [-0.2, 0) is 19.1 Å². The van der Waals surface area contributed by atoms with Gasteiger partial charge in [0.2, 0.25) is 5.91 Å². The average Bonchev–Trinajstić information content (AvgIpc) is 2.65. The van der Waals surface area contributed by atoms with Crippen LogP contribution in [0.15, 0.2) is 0 Å². The number of methoxy groups -OCH3 is 1. The topological polar surface area (TPSA) is 63.7 Å². The molecule has 2 fully saturated rings. The first kappa shape index (κ1) is 10.1. The second kappa shape index (κ2) is 3.64. The third-order valence-electron chi connectivity index (χ3n) is 3.10. The maximum absolute atomic E-state index is 11.8. The highest BCUT2D eigenvalue weighted by atomic mass is 16.5. The molecule has 2 aliphatic rings.